The molecule has 2 aliphatic heterocycles. The smallest absolute Gasteiger partial charge is 0.264 e. The van der Waals surface area contributed by atoms with Crippen molar-refractivity contribution in [3.8, 4) is 5.75 Å². The van der Waals surface area contributed by atoms with E-state index in [9.17, 15) is 14.7 Å². The summed E-state index contributed by atoms with van der Waals surface area (Å²) >= 11 is 0. The number of amides is 2. The van der Waals surface area contributed by atoms with Crippen molar-refractivity contribution in [2.45, 2.75) is 50.6 Å². The fraction of sp³-hybridized carbons (Fsp3) is 0.429. The van der Waals surface area contributed by atoms with Crippen LogP contribution < -0.4 is 20.1 Å². The third kappa shape index (κ3) is 4.07. The fourth-order valence-electron chi connectivity index (χ4n) is 6.30. The van der Waals surface area contributed by atoms with Gasteiger partial charge in [-0.25, -0.2) is 0 Å². The van der Waals surface area contributed by atoms with E-state index in [2.05, 4.69) is 44.0 Å². The highest BCUT2D eigenvalue weighted by atomic mass is 28.3. The van der Waals surface area contributed by atoms with Gasteiger partial charge in [0, 0.05) is 37.2 Å². The molecule has 1 fully saturated rings. The lowest BCUT2D eigenvalue weighted by molar-refractivity contribution is -0.146. The molecule has 0 aliphatic carbocycles. The molecule has 192 valence electrons. The van der Waals surface area contributed by atoms with E-state index < -0.39 is 13.7 Å². The van der Waals surface area contributed by atoms with Gasteiger partial charge >= 0.3 is 0 Å². The number of hydrogen-bond acceptors (Lipinski definition) is 5. The number of carbonyl (C=O) groups is 2. The largest absolute Gasteiger partial charge is 0.497 e. The SMILES string of the molecule is C=CCN1C(=O)[C@@]2(O[C@@H](CCO)[C@H]([Si](C)(C)c3ccc(OC)cc3)[C@H]2C)c2cc(NC(C)=O)ccc21. The number of hydrogen-bond donors (Lipinski definition) is 2. The number of rotatable bonds is 8. The second-order valence-electron chi connectivity index (χ2n) is 10.3. The molecule has 0 bridgehead atoms. The summed E-state index contributed by atoms with van der Waals surface area (Å²) in [6.45, 7) is 12.3. The maximum atomic E-state index is 14.2. The minimum Gasteiger partial charge on any atom is -0.497 e. The summed E-state index contributed by atoms with van der Waals surface area (Å²) in [5.41, 5.74) is 1.02. The molecule has 0 saturated carbocycles. The first kappa shape index (κ1) is 26.1. The van der Waals surface area contributed by atoms with E-state index in [-0.39, 0.29) is 36.0 Å². The maximum Gasteiger partial charge on any atom is 0.264 e. The number of aliphatic hydroxyl groups excluding tert-OH is 1. The van der Waals surface area contributed by atoms with E-state index in [1.807, 2.05) is 24.3 Å². The van der Waals surface area contributed by atoms with E-state index >= 15 is 0 Å². The molecule has 2 aromatic rings. The van der Waals surface area contributed by atoms with Gasteiger partial charge in [-0.3, -0.25) is 9.59 Å². The number of ether oxygens (including phenoxy) is 2. The quantitative estimate of drug-likeness (QED) is 0.419. The normalized spacial score (nSPS) is 25.2. The molecule has 2 N–H and O–H groups in total. The molecule has 0 aromatic heterocycles. The minimum atomic E-state index is -2.22. The molecule has 1 spiro atoms. The Morgan fingerprint density at radius 2 is 1.97 bits per heavy atom. The average molecular weight is 509 g/mol. The lowest BCUT2D eigenvalue weighted by atomic mass is 9.82. The number of methoxy groups -OCH3 is 1. The van der Waals surface area contributed by atoms with Gasteiger partial charge in [0.15, 0.2) is 5.60 Å². The first-order chi connectivity index (χ1) is 17.1. The van der Waals surface area contributed by atoms with Gasteiger partial charge < -0.3 is 24.8 Å². The van der Waals surface area contributed by atoms with Crippen LogP contribution in [0.1, 0.15) is 25.8 Å². The zero-order valence-corrected chi connectivity index (χ0v) is 22.7. The number of aliphatic hydroxyl groups is 1. The second-order valence-corrected chi connectivity index (χ2v) is 15.0. The molecule has 2 aromatic carbocycles. The Labute approximate surface area is 214 Å². The van der Waals surface area contributed by atoms with Crippen LogP contribution in [0.15, 0.2) is 55.1 Å². The predicted molar refractivity (Wildman–Crippen MR) is 145 cm³/mol. The van der Waals surface area contributed by atoms with Gasteiger partial charge in [0.25, 0.3) is 5.91 Å². The second kappa shape index (κ2) is 9.84. The molecule has 4 rings (SSSR count). The van der Waals surface area contributed by atoms with E-state index in [4.69, 9.17) is 9.47 Å². The molecule has 8 heteroatoms. The number of fused-ring (bicyclic) bond motifs is 2. The van der Waals surface area contributed by atoms with Crippen molar-refractivity contribution < 1.29 is 24.2 Å². The van der Waals surface area contributed by atoms with Crippen molar-refractivity contribution >= 4 is 36.4 Å². The van der Waals surface area contributed by atoms with Crippen LogP contribution in [0, 0.1) is 5.92 Å². The van der Waals surface area contributed by atoms with Crippen molar-refractivity contribution in [2.24, 2.45) is 5.92 Å². The Morgan fingerprint density at radius 1 is 1.28 bits per heavy atom. The molecule has 2 aliphatic rings. The van der Waals surface area contributed by atoms with Crippen molar-refractivity contribution in [1.29, 1.82) is 0 Å². The van der Waals surface area contributed by atoms with Gasteiger partial charge in [0.2, 0.25) is 5.91 Å². The minimum absolute atomic E-state index is 0.0274. The Kier molecular flexibility index (Phi) is 7.14. The highest BCUT2D eigenvalue weighted by molar-refractivity contribution is 6.91. The van der Waals surface area contributed by atoms with Crippen LogP contribution in [0.5, 0.6) is 5.75 Å². The fourth-order valence-corrected chi connectivity index (χ4v) is 10.4. The van der Waals surface area contributed by atoms with Gasteiger partial charge in [-0.05, 0) is 42.3 Å². The highest BCUT2D eigenvalue weighted by Gasteiger charge is 2.66. The summed E-state index contributed by atoms with van der Waals surface area (Å²) in [5.74, 6) is 0.343. The van der Waals surface area contributed by atoms with Crippen LogP contribution in [-0.4, -0.2) is 51.4 Å². The lowest BCUT2D eigenvalue weighted by Crippen LogP contribution is -2.51. The molecule has 36 heavy (non-hydrogen) atoms. The number of carbonyl (C=O) groups excluding carboxylic acids is 2. The first-order valence-corrected chi connectivity index (χ1v) is 15.5. The standard InChI is InChI=1S/C28H36N2O5Si/c1-7-15-30-24-13-8-20(29-19(3)32)17-23(24)28(27(30)33)18(2)26(25(35-28)14-16-31)36(5,6)22-11-9-21(34-4)10-12-22/h7-13,17-18,25-26,31H,1,14-16H2,2-6H3,(H,29,32)/t18-,25+,26-,28+/m1/s1. The zero-order chi connectivity index (χ0) is 26.3. The molecule has 2 heterocycles. The van der Waals surface area contributed by atoms with Crippen LogP contribution in [-0.2, 0) is 19.9 Å². The first-order valence-electron chi connectivity index (χ1n) is 12.4. The van der Waals surface area contributed by atoms with Gasteiger partial charge in [-0.1, -0.05) is 43.4 Å². The van der Waals surface area contributed by atoms with E-state index in [1.165, 1.54) is 12.1 Å². The predicted octanol–water partition coefficient (Wildman–Crippen LogP) is 3.78. The van der Waals surface area contributed by atoms with Crippen molar-refractivity contribution in [2.75, 3.05) is 30.5 Å². The van der Waals surface area contributed by atoms with Crippen LogP contribution in [0.3, 0.4) is 0 Å². The topological polar surface area (TPSA) is 88.1 Å². The molecular weight excluding hydrogens is 472 g/mol. The van der Waals surface area contributed by atoms with E-state index in [0.717, 1.165) is 17.0 Å². The third-order valence-electron chi connectivity index (χ3n) is 7.88. The summed E-state index contributed by atoms with van der Waals surface area (Å²) in [5, 5.41) is 14.1. The number of nitrogens with zero attached hydrogens (tertiary/aromatic N) is 1. The van der Waals surface area contributed by atoms with Crippen molar-refractivity contribution in [3.63, 3.8) is 0 Å². The van der Waals surface area contributed by atoms with Crippen LogP contribution in [0.2, 0.25) is 18.6 Å². The van der Waals surface area contributed by atoms with Crippen LogP contribution >= 0.6 is 0 Å². The molecule has 4 atom stereocenters. The maximum absolute atomic E-state index is 14.2. The lowest BCUT2D eigenvalue weighted by Gasteiger charge is -2.37. The van der Waals surface area contributed by atoms with Gasteiger partial charge in [-0.2, -0.15) is 0 Å². The van der Waals surface area contributed by atoms with Crippen molar-refractivity contribution in [3.05, 3.63) is 60.7 Å². The molecule has 0 unspecified atom stereocenters. The average Bonchev–Trinajstić information content (AvgIpc) is 3.26. The number of nitrogens with one attached hydrogen (secondary N) is 1. The zero-order valence-electron chi connectivity index (χ0n) is 21.7. The monoisotopic (exact) mass is 508 g/mol. The Hall–Kier alpha value is -2.94. The summed E-state index contributed by atoms with van der Waals surface area (Å²) in [7, 11) is -0.571. The van der Waals surface area contributed by atoms with E-state index in [1.54, 1.807) is 24.2 Å². The highest BCUT2D eigenvalue weighted by Crippen LogP contribution is 2.60. The number of benzene rings is 2. The summed E-state index contributed by atoms with van der Waals surface area (Å²) in [4.78, 5) is 27.7. The van der Waals surface area contributed by atoms with Gasteiger partial charge in [0.1, 0.15) is 5.75 Å². The Morgan fingerprint density at radius 3 is 2.56 bits per heavy atom. The Bertz CT molecular complexity index is 1170. The summed E-state index contributed by atoms with van der Waals surface area (Å²) < 4.78 is 12.2. The third-order valence-corrected chi connectivity index (χ3v) is 12.2. The van der Waals surface area contributed by atoms with Gasteiger partial charge in [0.05, 0.1) is 27.0 Å². The molecule has 0 radical (unpaired) electrons. The molecular formula is C28H36N2O5Si. The Balaban J connectivity index is 1.86. The van der Waals surface area contributed by atoms with Crippen LogP contribution in [0.25, 0.3) is 0 Å². The van der Waals surface area contributed by atoms with Crippen LogP contribution in [0.4, 0.5) is 11.4 Å². The number of anilines is 2. The van der Waals surface area contributed by atoms with Crippen molar-refractivity contribution in [1.82, 2.24) is 0 Å². The summed E-state index contributed by atoms with van der Waals surface area (Å²) in [6.07, 6.45) is 1.86. The molecule has 7 nitrogen and oxygen atoms in total. The molecule has 2 amide bonds. The van der Waals surface area contributed by atoms with Gasteiger partial charge in [-0.15, -0.1) is 6.58 Å². The summed E-state index contributed by atoms with van der Waals surface area (Å²) in [6, 6.07) is 13.7. The molecule has 1 saturated heterocycles. The van der Waals surface area contributed by atoms with E-state index in [0.29, 0.717) is 18.7 Å².